The Balaban J connectivity index is 1.85. The molecular weight excluding hydrogens is 268 g/mol. The number of hydrogen-bond acceptors (Lipinski definition) is 2. The molecule has 3 aromatic carbocycles. The molecule has 0 bridgehead atoms. The topological polar surface area (TPSA) is 52.0 Å². The summed E-state index contributed by atoms with van der Waals surface area (Å²) in [6.07, 6.45) is 0.704. The summed E-state index contributed by atoms with van der Waals surface area (Å²) in [5.74, 6) is 0. The molecule has 0 spiro atoms. The minimum absolute atomic E-state index is 0.0835. The van der Waals surface area contributed by atoms with Crippen LogP contribution in [0, 0.1) is 0 Å². The molecule has 0 aliphatic heterocycles. The van der Waals surface area contributed by atoms with Crippen molar-refractivity contribution in [3.63, 3.8) is 0 Å². The molecule has 2 heteroatoms. The molecular formula is C20H22N2. The highest BCUT2D eigenvalue weighted by Crippen LogP contribution is 2.29. The fourth-order valence-electron chi connectivity index (χ4n) is 2.95. The van der Waals surface area contributed by atoms with Crippen LogP contribution < -0.4 is 11.5 Å². The first-order chi connectivity index (χ1) is 10.6. The third-order valence-corrected chi connectivity index (χ3v) is 4.28. The Morgan fingerprint density at radius 1 is 0.864 bits per heavy atom. The van der Waals surface area contributed by atoms with Gasteiger partial charge in [0.25, 0.3) is 0 Å². The van der Waals surface area contributed by atoms with Crippen LogP contribution >= 0.6 is 0 Å². The summed E-state index contributed by atoms with van der Waals surface area (Å²) < 4.78 is 0. The molecule has 22 heavy (non-hydrogen) atoms. The second-order valence-corrected chi connectivity index (χ2v) is 6.20. The summed E-state index contributed by atoms with van der Waals surface area (Å²) in [6.45, 7) is 2.04. The van der Waals surface area contributed by atoms with E-state index >= 15 is 0 Å². The van der Waals surface area contributed by atoms with E-state index in [-0.39, 0.29) is 6.04 Å². The van der Waals surface area contributed by atoms with E-state index in [1.807, 2.05) is 31.2 Å². The van der Waals surface area contributed by atoms with E-state index in [0.29, 0.717) is 6.42 Å². The minimum Gasteiger partial charge on any atom is -0.324 e. The van der Waals surface area contributed by atoms with E-state index in [4.69, 9.17) is 11.5 Å². The third kappa shape index (κ3) is 3.03. The zero-order valence-electron chi connectivity index (χ0n) is 12.9. The lowest BCUT2D eigenvalue weighted by Crippen LogP contribution is -2.36. The van der Waals surface area contributed by atoms with Crippen molar-refractivity contribution in [1.82, 2.24) is 0 Å². The Kier molecular flexibility index (Phi) is 3.97. The Labute approximate surface area is 131 Å². The summed E-state index contributed by atoms with van der Waals surface area (Å²) >= 11 is 0. The Hall–Kier alpha value is -2.16. The summed E-state index contributed by atoms with van der Waals surface area (Å²) in [6, 6.07) is 24.8. The zero-order chi connectivity index (χ0) is 15.6. The van der Waals surface area contributed by atoms with Crippen LogP contribution in [0.15, 0.2) is 72.8 Å². The van der Waals surface area contributed by atoms with Crippen LogP contribution in [0.3, 0.4) is 0 Å². The van der Waals surface area contributed by atoms with Crippen molar-refractivity contribution < 1.29 is 0 Å². The predicted octanol–water partition coefficient (Wildman–Crippen LogP) is 4.10. The van der Waals surface area contributed by atoms with Crippen molar-refractivity contribution in [2.75, 3.05) is 0 Å². The van der Waals surface area contributed by atoms with Crippen LogP contribution in [0.5, 0.6) is 0 Å². The highest BCUT2D eigenvalue weighted by molar-refractivity contribution is 5.83. The van der Waals surface area contributed by atoms with Crippen LogP contribution in [-0.4, -0.2) is 0 Å². The fourth-order valence-corrected chi connectivity index (χ4v) is 2.95. The SMILES string of the molecule is CC(N)(CC(N)c1ccc2ccccc2c1)c1ccccc1. The zero-order valence-corrected chi connectivity index (χ0v) is 12.9. The maximum atomic E-state index is 6.51. The first-order valence-corrected chi connectivity index (χ1v) is 7.65. The van der Waals surface area contributed by atoms with E-state index in [2.05, 4.69) is 48.5 Å². The van der Waals surface area contributed by atoms with Gasteiger partial charge in [-0.2, -0.15) is 0 Å². The van der Waals surface area contributed by atoms with E-state index < -0.39 is 5.54 Å². The van der Waals surface area contributed by atoms with Gasteiger partial charge in [-0.1, -0.05) is 66.7 Å². The second kappa shape index (κ2) is 5.91. The molecule has 0 aromatic heterocycles. The molecule has 0 aliphatic carbocycles. The van der Waals surface area contributed by atoms with Crippen molar-refractivity contribution >= 4 is 10.8 Å². The van der Waals surface area contributed by atoms with E-state index in [9.17, 15) is 0 Å². The molecule has 4 N–H and O–H groups in total. The molecule has 3 rings (SSSR count). The molecule has 2 unspecified atom stereocenters. The minimum atomic E-state index is -0.438. The van der Waals surface area contributed by atoms with Crippen molar-refractivity contribution in [3.8, 4) is 0 Å². The normalized spacial score (nSPS) is 15.4. The molecule has 2 nitrogen and oxygen atoms in total. The van der Waals surface area contributed by atoms with E-state index in [0.717, 1.165) is 11.1 Å². The molecule has 0 saturated carbocycles. The van der Waals surface area contributed by atoms with Gasteiger partial charge in [-0.25, -0.2) is 0 Å². The highest BCUT2D eigenvalue weighted by Gasteiger charge is 2.24. The number of fused-ring (bicyclic) bond motifs is 1. The largest absolute Gasteiger partial charge is 0.324 e. The first-order valence-electron chi connectivity index (χ1n) is 7.65. The van der Waals surface area contributed by atoms with Crippen LogP contribution in [0.25, 0.3) is 10.8 Å². The van der Waals surface area contributed by atoms with Gasteiger partial charge in [0, 0.05) is 11.6 Å². The summed E-state index contributed by atoms with van der Waals surface area (Å²) in [7, 11) is 0. The van der Waals surface area contributed by atoms with Crippen molar-refractivity contribution in [3.05, 3.63) is 83.9 Å². The number of hydrogen-bond donors (Lipinski definition) is 2. The molecule has 112 valence electrons. The Morgan fingerprint density at radius 2 is 1.50 bits per heavy atom. The third-order valence-electron chi connectivity index (χ3n) is 4.28. The van der Waals surface area contributed by atoms with Gasteiger partial charge >= 0.3 is 0 Å². The van der Waals surface area contributed by atoms with Crippen LogP contribution in [0.2, 0.25) is 0 Å². The second-order valence-electron chi connectivity index (χ2n) is 6.20. The average Bonchev–Trinajstić information content (AvgIpc) is 2.55. The Bertz CT molecular complexity index is 763. The van der Waals surface area contributed by atoms with Crippen molar-refractivity contribution in [2.45, 2.75) is 24.9 Å². The molecule has 0 amide bonds. The van der Waals surface area contributed by atoms with E-state index in [1.165, 1.54) is 10.8 Å². The lowest BCUT2D eigenvalue weighted by atomic mass is 9.84. The summed E-state index contributed by atoms with van der Waals surface area (Å²) in [5.41, 5.74) is 14.7. The predicted molar refractivity (Wildman–Crippen MR) is 93.5 cm³/mol. The summed E-state index contributed by atoms with van der Waals surface area (Å²) in [5, 5.41) is 2.45. The quantitative estimate of drug-likeness (QED) is 0.760. The monoisotopic (exact) mass is 290 g/mol. The fraction of sp³-hybridized carbons (Fsp3) is 0.200. The maximum absolute atomic E-state index is 6.51. The number of benzene rings is 3. The average molecular weight is 290 g/mol. The van der Waals surface area contributed by atoms with Gasteiger partial charge in [-0.15, -0.1) is 0 Å². The van der Waals surface area contributed by atoms with Crippen molar-refractivity contribution in [2.24, 2.45) is 11.5 Å². The van der Waals surface area contributed by atoms with Gasteiger partial charge in [0.1, 0.15) is 0 Å². The molecule has 2 atom stereocenters. The van der Waals surface area contributed by atoms with E-state index in [1.54, 1.807) is 0 Å². The first kappa shape index (κ1) is 14.8. The number of nitrogens with two attached hydrogens (primary N) is 2. The highest BCUT2D eigenvalue weighted by atomic mass is 14.8. The van der Waals surface area contributed by atoms with Gasteiger partial charge in [0.2, 0.25) is 0 Å². The van der Waals surface area contributed by atoms with Crippen LogP contribution in [0.4, 0.5) is 0 Å². The smallest absolute Gasteiger partial charge is 0.0399 e. The Morgan fingerprint density at radius 3 is 2.23 bits per heavy atom. The molecule has 0 heterocycles. The van der Waals surface area contributed by atoms with Gasteiger partial charge in [0.05, 0.1) is 0 Å². The molecule has 0 radical (unpaired) electrons. The van der Waals surface area contributed by atoms with Crippen LogP contribution in [-0.2, 0) is 5.54 Å². The van der Waals surface area contributed by atoms with Crippen LogP contribution in [0.1, 0.15) is 30.5 Å². The molecule has 0 saturated heterocycles. The van der Waals surface area contributed by atoms with Gasteiger partial charge < -0.3 is 11.5 Å². The molecule has 0 fully saturated rings. The molecule has 3 aromatic rings. The lowest BCUT2D eigenvalue weighted by Gasteiger charge is -2.29. The van der Waals surface area contributed by atoms with Gasteiger partial charge in [-0.05, 0) is 41.3 Å². The van der Waals surface area contributed by atoms with Gasteiger partial charge in [-0.3, -0.25) is 0 Å². The summed E-state index contributed by atoms with van der Waals surface area (Å²) in [4.78, 5) is 0. The van der Waals surface area contributed by atoms with Crippen molar-refractivity contribution in [1.29, 1.82) is 0 Å². The lowest BCUT2D eigenvalue weighted by molar-refractivity contribution is 0.408. The maximum Gasteiger partial charge on any atom is 0.0399 e. The number of rotatable bonds is 4. The standard InChI is InChI=1S/C20H22N2/c1-20(22,18-9-3-2-4-10-18)14-19(21)17-12-11-15-7-5-6-8-16(15)13-17/h2-13,19H,14,21-22H2,1H3. The molecule has 0 aliphatic rings. The van der Waals surface area contributed by atoms with Gasteiger partial charge in [0.15, 0.2) is 0 Å².